The number of hydrogen-bond donors (Lipinski definition) is 0. The van der Waals surface area contributed by atoms with E-state index in [2.05, 4.69) is 0 Å². The van der Waals surface area contributed by atoms with E-state index in [1.54, 1.807) is 12.1 Å². The van der Waals surface area contributed by atoms with Crippen molar-refractivity contribution in [2.24, 2.45) is 0 Å². The van der Waals surface area contributed by atoms with Gasteiger partial charge in [-0.2, -0.15) is 0 Å². The van der Waals surface area contributed by atoms with Crippen molar-refractivity contribution in [1.29, 1.82) is 0 Å². The first kappa shape index (κ1) is 13.7. The Bertz CT molecular complexity index is 735. The van der Waals surface area contributed by atoms with Crippen molar-refractivity contribution in [3.63, 3.8) is 0 Å². The molecule has 2 nitrogen and oxygen atoms in total. The van der Waals surface area contributed by atoms with Crippen LogP contribution in [0.1, 0.15) is 22.1 Å². The van der Waals surface area contributed by atoms with Crippen molar-refractivity contribution < 1.29 is 8.42 Å². The Balaban J connectivity index is 2.00. The molecule has 0 amide bonds. The number of benzene rings is 2. The maximum atomic E-state index is 12.7. The second kappa shape index (κ2) is 4.90. The lowest BCUT2D eigenvalue weighted by atomic mass is 10.1. The van der Waals surface area contributed by atoms with Gasteiger partial charge in [0.2, 0.25) is 0 Å². The Kier molecular flexibility index (Phi) is 3.35. The highest BCUT2D eigenvalue weighted by atomic mass is 35.5. The second-order valence-electron chi connectivity index (χ2n) is 5.20. The minimum absolute atomic E-state index is 0.353. The molecule has 4 heteroatoms. The van der Waals surface area contributed by atoms with E-state index >= 15 is 0 Å². The summed E-state index contributed by atoms with van der Waals surface area (Å²) in [6.45, 7) is 1.94. The van der Waals surface area contributed by atoms with Gasteiger partial charge in [0.15, 0.2) is 9.84 Å². The molecule has 3 rings (SSSR count). The molecule has 0 bridgehead atoms. The molecule has 0 aliphatic heterocycles. The first-order valence-electron chi connectivity index (χ1n) is 6.52. The van der Waals surface area contributed by atoms with Crippen molar-refractivity contribution in [1.82, 2.24) is 0 Å². The maximum Gasteiger partial charge on any atom is 0.183 e. The molecule has 0 heterocycles. The number of fused-ring (bicyclic) bond motifs is 1. The van der Waals surface area contributed by atoms with Crippen molar-refractivity contribution in [2.75, 3.05) is 0 Å². The van der Waals surface area contributed by atoms with Crippen LogP contribution in [-0.4, -0.2) is 13.7 Å². The smallest absolute Gasteiger partial charge is 0.183 e. The fourth-order valence-electron chi connectivity index (χ4n) is 2.68. The summed E-state index contributed by atoms with van der Waals surface area (Å²) in [5.74, 6) is 0. The fraction of sp³-hybridized carbons (Fsp3) is 0.250. The van der Waals surface area contributed by atoms with E-state index in [0.717, 1.165) is 16.7 Å². The van der Waals surface area contributed by atoms with Crippen LogP contribution in [0.2, 0.25) is 0 Å². The molecule has 2 aromatic carbocycles. The Labute approximate surface area is 124 Å². The van der Waals surface area contributed by atoms with Crippen LogP contribution in [0.5, 0.6) is 0 Å². The van der Waals surface area contributed by atoms with E-state index < -0.39 is 20.5 Å². The summed E-state index contributed by atoms with van der Waals surface area (Å²) >= 11 is 6.40. The molecule has 0 radical (unpaired) electrons. The molecular formula is C16H15ClO2S. The third-order valence-corrected chi connectivity index (χ3v) is 6.70. The number of rotatable bonds is 2. The van der Waals surface area contributed by atoms with Crippen LogP contribution in [-0.2, 0) is 16.3 Å². The number of hydrogen-bond acceptors (Lipinski definition) is 2. The van der Waals surface area contributed by atoms with Gasteiger partial charge in [-0.25, -0.2) is 8.42 Å². The summed E-state index contributed by atoms with van der Waals surface area (Å²) in [7, 11) is -3.40. The molecule has 0 unspecified atom stereocenters. The Hall–Kier alpha value is -1.32. The predicted molar refractivity (Wildman–Crippen MR) is 80.9 cm³/mol. The molecule has 2 aromatic rings. The third kappa shape index (κ3) is 2.15. The van der Waals surface area contributed by atoms with E-state index in [1.807, 2.05) is 43.3 Å². The number of sulfone groups is 1. The summed E-state index contributed by atoms with van der Waals surface area (Å²) in [6.07, 6.45) is 0.487. The fourth-order valence-corrected chi connectivity index (χ4v) is 5.11. The topological polar surface area (TPSA) is 34.1 Å². The molecule has 1 aliphatic rings. The normalized spacial score (nSPS) is 21.7. The molecule has 1 aliphatic carbocycles. The van der Waals surface area contributed by atoms with E-state index in [1.165, 1.54) is 0 Å². The summed E-state index contributed by atoms with van der Waals surface area (Å²) in [4.78, 5) is 0.353. The Morgan fingerprint density at radius 2 is 1.70 bits per heavy atom. The van der Waals surface area contributed by atoms with E-state index in [4.69, 9.17) is 11.6 Å². The molecular weight excluding hydrogens is 292 g/mol. The highest BCUT2D eigenvalue weighted by molar-refractivity contribution is 7.92. The van der Waals surface area contributed by atoms with Crippen LogP contribution in [0.4, 0.5) is 0 Å². The molecule has 0 fully saturated rings. The van der Waals surface area contributed by atoms with Gasteiger partial charge in [0.1, 0.15) is 0 Å². The van der Waals surface area contributed by atoms with Gasteiger partial charge in [0.05, 0.1) is 15.5 Å². The SMILES string of the molecule is Cc1ccc(S(=O)(=O)[C@@H]2Cc3ccccc3[C@H]2Cl)cc1. The second-order valence-corrected chi connectivity index (χ2v) is 7.84. The van der Waals surface area contributed by atoms with Gasteiger partial charge in [-0.15, -0.1) is 11.6 Å². The van der Waals surface area contributed by atoms with Crippen LogP contribution in [0.25, 0.3) is 0 Å². The van der Waals surface area contributed by atoms with Crippen LogP contribution in [0.3, 0.4) is 0 Å². The van der Waals surface area contributed by atoms with E-state index in [0.29, 0.717) is 11.3 Å². The molecule has 0 saturated carbocycles. The molecule has 0 aromatic heterocycles. The molecule has 20 heavy (non-hydrogen) atoms. The average Bonchev–Trinajstić information content (AvgIpc) is 2.78. The lowest BCUT2D eigenvalue weighted by molar-refractivity contribution is 0.579. The number of alkyl halides is 1. The molecule has 104 valence electrons. The maximum absolute atomic E-state index is 12.7. The van der Waals surface area contributed by atoms with Gasteiger partial charge in [0.25, 0.3) is 0 Å². The summed E-state index contributed by atoms with van der Waals surface area (Å²) < 4.78 is 25.5. The van der Waals surface area contributed by atoms with Crippen molar-refractivity contribution in [2.45, 2.75) is 28.9 Å². The summed E-state index contributed by atoms with van der Waals surface area (Å²) in [5, 5.41) is -1.05. The molecule has 2 atom stereocenters. The van der Waals surface area contributed by atoms with Crippen molar-refractivity contribution in [3.05, 3.63) is 65.2 Å². The lowest BCUT2D eigenvalue weighted by Crippen LogP contribution is -2.23. The standard InChI is InChI=1S/C16H15ClO2S/c1-11-6-8-13(9-7-11)20(18,19)15-10-12-4-2-3-5-14(12)16(15)17/h2-9,15-16H,10H2,1H3/t15-,16-/m1/s1. The molecule has 0 spiro atoms. The van der Waals surface area contributed by atoms with Gasteiger partial charge in [0, 0.05) is 0 Å². The zero-order chi connectivity index (χ0) is 14.3. The zero-order valence-corrected chi connectivity index (χ0v) is 12.7. The minimum atomic E-state index is -3.40. The quantitative estimate of drug-likeness (QED) is 0.793. The predicted octanol–water partition coefficient (Wildman–Crippen LogP) is 3.67. The number of aryl methyl sites for hydroxylation is 1. The van der Waals surface area contributed by atoms with Crippen LogP contribution in [0, 0.1) is 6.92 Å². The van der Waals surface area contributed by atoms with Gasteiger partial charge < -0.3 is 0 Å². The Morgan fingerprint density at radius 1 is 1.05 bits per heavy atom. The average molecular weight is 307 g/mol. The van der Waals surface area contributed by atoms with Gasteiger partial charge in [-0.1, -0.05) is 42.0 Å². The van der Waals surface area contributed by atoms with Crippen LogP contribution < -0.4 is 0 Å². The van der Waals surface area contributed by atoms with E-state index in [-0.39, 0.29) is 0 Å². The summed E-state index contributed by atoms with van der Waals surface area (Å²) in [6, 6.07) is 14.6. The first-order valence-corrected chi connectivity index (χ1v) is 8.51. The molecule has 0 N–H and O–H groups in total. The monoisotopic (exact) mass is 306 g/mol. The Morgan fingerprint density at radius 3 is 2.35 bits per heavy atom. The molecule has 0 saturated heterocycles. The number of halogens is 1. The zero-order valence-electron chi connectivity index (χ0n) is 11.1. The van der Waals surface area contributed by atoms with Gasteiger partial charge in [-0.3, -0.25) is 0 Å². The van der Waals surface area contributed by atoms with E-state index in [9.17, 15) is 8.42 Å². The summed E-state index contributed by atoms with van der Waals surface area (Å²) in [5.41, 5.74) is 3.02. The third-order valence-electron chi connectivity index (χ3n) is 3.85. The van der Waals surface area contributed by atoms with Crippen molar-refractivity contribution >= 4 is 21.4 Å². The largest absolute Gasteiger partial charge is 0.223 e. The van der Waals surface area contributed by atoms with Crippen LogP contribution >= 0.6 is 11.6 Å². The first-order chi connectivity index (χ1) is 9.50. The lowest BCUT2D eigenvalue weighted by Gasteiger charge is -2.15. The van der Waals surface area contributed by atoms with Gasteiger partial charge >= 0.3 is 0 Å². The van der Waals surface area contributed by atoms with Gasteiger partial charge in [-0.05, 0) is 36.6 Å². The minimum Gasteiger partial charge on any atom is -0.223 e. The highest BCUT2D eigenvalue weighted by Crippen LogP contribution is 2.41. The van der Waals surface area contributed by atoms with Crippen LogP contribution in [0.15, 0.2) is 53.4 Å². The van der Waals surface area contributed by atoms with Crippen molar-refractivity contribution in [3.8, 4) is 0 Å². The highest BCUT2D eigenvalue weighted by Gasteiger charge is 2.40.